The number of carbonyl (C=O) groups excluding carboxylic acids is 1. The van der Waals surface area contributed by atoms with Gasteiger partial charge in [-0.25, -0.2) is 4.98 Å². The molecule has 0 unspecified atom stereocenters. The van der Waals surface area contributed by atoms with Gasteiger partial charge in [-0.1, -0.05) is 19.9 Å². The third-order valence-corrected chi connectivity index (χ3v) is 4.54. The molecule has 0 spiro atoms. The highest BCUT2D eigenvalue weighted by Gasteiger charge is 2.19. The van der Waals surface area contributed by atoms with Crippen LogP contribution in [-0.4, -0.2) is 35.5 Å². The molecule has 0 aliphatic carbocycles. The second-order valence-electron chi connectivity index (χ2n) is 6.04. The summed E-state index contributed by atoms with van der Waals surface area (Å²) < 4.78 is 11.5. The Morgan fingerprint density at radius 1 is 1.15 bits per heavy atom. The SMILES string of the molecule is CCCOc1ccc(CN(CCC)C(=O)c2csc(C)n2)cc1OCC. The molecule has 0 radical (unpaired) electrons. The number of carbonyl (C=O) groups is 1. The number of benzene rings is 1. The topological polar surface area (TPSA) is 51.7 Å². The van der Waals surface area contributed by atoms with Gasteiger partial charge in [0.15, 0.2) is 11.5 Å². The van der Waals surface area contributed by atoms with Crippen LogP contribution in [0.2, 0.25) is 0 Å². The summed E-state index contributed by atoms with van der Waals surface area (Å²) in [5.41, 5.74) is 1.54. The van der Waals surface area contributed by atoms with Gasteiger partial charge in [0.1, 0.15) is 5.69 Å². The number of aryl methyl sites for hydroxylation is 1. The molecule has 0 N–H and O–H groups in total. The highest BCUT2D eigenvalue weighted by molar-refractivity contribution is 7.09. The summed E-state index contributed by atoms with van der Waals surface area (Å²) in [6.45, 7) is 10.4. The zero-order valence-corrected chi connectivity index (χ0v) is 16.9. The molecule has 0 aliphatic rings. The number of ether oxygens (including phenoxy) is 2. The first-order valence-electron chi connectivity index (χ1n) is 9.18. The highest BCUT2D eigenvalue weighted by Crippen LogP contribution is 2.29. The largest absolute Gasteiger partial charge is 0.490 e. The molecule has 26 heavy (non-hydrogen) atoms. The molecule has 0 fully saturated rings. The minimum Gasteiger partial charge on any atom is -0.490 e. The molecule has 1 heterocycles. The molecule has 0 atom stereocenters. The molecule has 2 rings (SSSR count). The fourth-order valence-corrected chi connectivity index (χ4v) is 3.20. The first-order valence-corrected chi connectivity index (χ1v) is 10.1. The Labute approximate surface area is 160 Å². The Bertz CT molecular complexity index is 715. The molecule has 142 valence electrons. The van der Waals surface area contributed by atoms with Crippen molar-refractivity contribution in [3.63, 3.8) is 0 Å². The van der Waals surface area contributed by atoms with Crippen molar-refractivity contribution in [3.05, 3.63) is 39.8 Å². The number of rotatable bonds is 10. The van der Waals surface area contributed by atoms with Crippen molar-refractivity contribution in [2.24, 2.45) is 0 Å². The third kappa shape index (κ3) is 5.46. The lowest BCUT2D eigenvalue weighted by molar-refractivity contribution is 0.0737. The average Bonchev–Trinajstić information content (AvgIpc) is 3.07. The summed E-state index contributed by atoms with van der Waals surface area (Å²) in [6.07, 6.45) is 1.84. The van der Waals surface area contributed by atoms with Crippen LogP contribution >= 0.6 is 11.3 Å². The van der Waals surface area contributed by atoms with Crippen molar-refractivity contribution in [2.75, 3.05) is 19.8 Å². The first-order chi connectivity index (χ1) is 12.6. The summed E-state index contributed by atoms with van der Waals surface area (Å²) in [5, 5.41) is 2.73. The lowest BCUT2D eigenvalue weighted by Crippen LogP contribution is -2.31. The van der Waals surface area contributed by atoms with E-state index >= 15 is 0 Å². The van der Waals surface area contributed by atoms with Crippen molar-refractivity contribution in [3.8, 4) is 11.5 Å². The van der Waals surface area contributed by atoms with Crippen LogP contribution in [0.15, 0.2) is 23.6 Å². The Balaban J connectivity index is 2.19. The third-order valence-electron chi connectivity index (χ3n) is 3.76. The van der Waals surface area contributed by atoms with Gasteiger partial charge in [-0.2, -0.15) is 0 Å². The van der Waals surface area contributed by atoms with Crippen molar-refractivity contribution < 1.29 is 14.3 Å². The predicted octanol–water partition coefficient (Wildman–Crippen LogP) is 4.69. The van der Waals surface area contributed by atoms with Gasteiger partial charge in [0.2, 0.25) is 0 Å². The van der Waals surface area contributed by atoms with Gasteiger partial charge in [-0.3, -0.25) is 4.79 Å². The van der Waals surface area contributed by atoms with Gasteiger partial charge in [0.25, 0.3) is 5.91 Å². The summed E-state index contributed by atoms with van der Waals surface area (Å²) in [5.74, 6) is 1.45. The summed E-state index contributed by atoms with van der Waals surface area (Å²) in [6, 6.07) is 5.89. The number of hydrogen-bond donors (Lipinski definition) is 0. The van der Waals surface area contributed by atoms with Crippen LogP contribution in [0.4, 0.5) is 0 Å². The minimum absolute atomic E-state index is 0.0273. The van der Waals surface area contributed by atoms with Crippen LogP contribution < -0.4 is 9.47 Å². The summed E-state index contributed by atoms with van der Waals surface area (Å²) in [7, 11) is 0. The van der Waals surface area contributed by atoms with E-state index in [0.717, 1.165) is 34.9 Å². The quantitative estimate of drug-likeness (QED) is 0.603. The Hall–Kier alpha value is -2.08. The Kier molecular flexibility index (Phi) is 7.91. The monoisotopic (exact) mass is 376 g/mol. The van der Waals surface area contributed by atoms with Gasteiger partial charge in [0, 0.05) is 18.5 Å². The fourth-order valence-electron chi connectivity index (χ4n) is 2.62. The van der Waals surface area contributed by atoms with E-state index in [1.54, 1.807) is 0 Å². The number of hydrogen-bond acceptors (Lipinski definition) is 5. The van der Waals surface area contributed by atoms with Crippen LogP contribution in [0.25, 0.3) is 0 Å². The van der Waals surface area contributed by atoms with Crippen LogP contribution in [0.1, 0.15) is 54.7 Å². The van der Waals surface area contributed by atoms with Gasteiger partial charge in [-0.15, -0.1) is 11.3 Å². The van der Waals surface area contributed by atoms with E-state index in [9.17, 15) is 4.79 Å². The predicted molar refractivity (Wildman–Crippen MR) is 105 cm³/mol. The van der Waals surface area contributed by atoms with E-state index < -0.39 is 0 Å². The van der Waals surface area contributed by atoms with Crippen LogP contribution in [0, 0.1) is 6.92 Å². The highest BCUT2D eigenvalue weighted by atomic mass is 32.1. The first kappa shape index (κ1) is 20.2. The standard InChI is InChI=1S/C20H28N2O3S/c1-5-10-22(20(23)17-14-26-15(4)21-17)13-16-8-9-18(25-11-6-2)19(12-16)24-7-3/h8-9,12,14H,5-7,10-11,13H2,1-4H3. The lowest BCUT2D eigenvalue weighted by atomic mass is 10.1. The fraction of sp³-hybridized carbons (Fsp3) is 0.500. The number of amides is 1. The van der Waals surface area contributed by atoms with Crippen molar-refractivity contribution >= 4 is 17.2 Å². The van der Waals surface area contributed by atoms with Crippen molar-refractivity contribution in [2.45, 2.75) is 47.1 Å². The Morgan fingerprint density at radius 2 is 1.96 bits per heavy atom. The van der Waals surface area contributed by atoms with Crippen LogP contribution in [0.5, 0.6) is 11.5 Å². The molecule has 0 aliphatic heterocycles. The van der Waals surface area contributed by atoms with Crippen molar-refractivity contribution in [1.29, 1.82) is 0 Å². The van der Waals surface area contributed by atoms with Gasteiger partial charge < -0.3 is 14.4 Å². The number of thiazole rings is 1. The summed E-state index contributed by atoms with van der Waals surface area (Å²) >= 11 is 1.50. The molecule has 0 saturated carbocycles. The molecule has 0 bridgehead atoms. The van der Waals surface area contributed by atoms with Gasteiger partial charge in [0.05, 0.1) is 18.2 Å². The van der Waals surface area contributed by atoms with E-state index in [4.69, 9.17) is 9.47 Å². The van der Waals surface area contributed by atoms with E-state index in [1.807, 2.05) is 42.3 Å². The van der Waals surface area contributed by atoms with E-state index in [-0.39, 0.29) is 5.91 Å². The molecular weight excluding hydrogens is 348 g/mol. The number of aromatic nitrogens is 1. The zero-order chi connectivity index (χ0) is 18.9. The van der Waals surface area contributed by atoms with E-state index in [0.29, 0.717) is 32.0 Å². The smallest absolute Gasteiger partial charge is 0.273 e. The molecule has 1 aromatic heterocycles. The van der Waals surface area contributed by atoms with Crippen LogP contribution in [0.3, 0.4) is 0 Å². The van der Waals surface area contributed by atoms with E-state index in [1.165, 1.54) is 11.3 Å². The Morgan fingerprint density at radius 3 is 2.58 bits per heavy atom. The summed E-state index contributed by atoms with van der Waals surface area (Å²) in [4.78, 5) is 19.0. The maximum absolute atomic E-state index is 12.8. The second kappa shape index (κ2) is 10.2. The zero-order valence-electron chi connectivity index (χ0n) is 16.1. The maximum atomic E-state index is 12.8. The van der Waals surface area contributed by atoms with Crippen molar-refractivity contribution in [1.82, 2.24) is 9.88 Å². The van der Waals surface area contributed by atoms with Gasteiger partial charge >= 0.3 is 0 Å². The molecular formula is C20H28N2O3S. The molecule has 1 aromatic carbocycles. The van der Waals surface area contributed by atoms with Gasteiger partial charge in [-0.05, 0) is 44.4 Å². The average molecular weight is 377 g/mol. The number of nitrogens with zero attached hydrogens (tertiary/aromatic N) is 2. The second-order valence-corrected chi connectivity index (χ2v) is 7.10. The molecule has 0 saturated heterocycles. The normalized spacial score (nSPS) is 10.6. The molecule has 5 nitrogen and oxygen atoms in total. The van der Waals surface area contributed by atoms with E-state index in [2.05, 4.69) is 18.8 Å². The van der Waals surface area contributed by atoms with Crippen LogP contribution in [-0.2, 0) is 6.54 Å². The maximum Gasteiger partial charge on any atom is 0.273 e. The lowest BCUT2D eigenvalue weighted by Gasteiger charge is -2.22. The molecule has 6 heteroatoms. The minimum atomic E-state index is -0.0273. The molecule has 2 aromatic rings. The molecule has 1 amide bonds.